The Bertz CT molecular complexity index is 1380. The van der Waals surface area contributed by atoms with Crippen molar-refractivity contribution < 1.29 is 18.3 Å². The molecule has 5 rings (SSSR count). The number of ether oxygens (including phenoxy) is 1. The van der Waals surface area contributed by atoms with Crippen molar-refractivity contribution in [3.05, 3.63) is 59.1 Å². The maximum Gasteiger partial charge on any atom is 0.326 e. The second-order valence-corrected chi connectivity index (χ2v) is 7.86. The van der Waals surface area contributed by atoms with E-state index in [2.05, 4.69) is 30.8 Å². The average molecular weight is 486 g/mol. The largest absolute Gasteiger partial charge is 0.421 e. The van der Waals surface area contributed by atoms with Gasteiger partial charge in [-0.05, 0) is 18.2 Å². The fraction of sp³-hybridized carbons (Fsp3) is 0.182. The molecule has 3 heterocycles. The normalized spacial score (nSPS) is 13.4. The highest BCUT2D eigenvalue weighted by molar-refractivity contribution is 6.33. The van der Waals surface area contributed by atoms with E-state index in [9.17, 15) is 13.6 Å². The Morgan fingerprint density at radius 2 is 2.03 bits per heavy atom. The summed E-state index contributed by atoms with van der Waals surface area (Å²) in [6.07, 6.45) is 0. The maximum atomic E-state index is 14.1. The van der Waals surface area contributed by atoms with Gasteiger partial charge in [0.25, 0.3) is 0 Å². The average Bonchev–Trinajstić information content (AvgIpc) is 3.42. The van der Waals surface area contributed by atoms with E-state index in [1.807, 2.05) is 12.1 Å². The predicted molar refractivity (Wildman–Crippen MR) is 122 cm³/mol. The molecule has 1 aliphatic heterocycles. The number of fused-ring (bicyclic) bond motifs is 1. The van der Waals surface area contributed by atoms with Crippen LogP contribution < -0.4 is 15.4 Å². The van der Waals surface area contributed by atoms with Gasteiger partial charge in [0.05, 0.1) is 10.4 Å². The molecule has 0 unspecified atom stereocenters. The van der Waals surface area contributed by atoms with Crippen LogP contribution in [0.5, 0.6) is 11.8 Å². The number of H-pyrrole nitrogens is 1. The Labute approximate surface area is 197 Å². The number of urea groups is 1. The smallest absolute Gasteiger partial charge is 0.326 e. The minimum atomic E-state index is -0.889. The van der Waals surface area contributed by atoms with Gasteiger partial charge in [-0.2, -0.15) is 15.1 Å². The van der Waals surface area contributed by atoms with Crippen LogP contribution in [0.4, 0.5) is 19.4 Å². The van der Waals surface area contributed by atoms with Gasteiger partial charge in [0.15, 0.2) is 17.2 Å². The standard InChI is InChI=1S/C22H18ClF2N7O2/c23-14-4-2-1-3-13(14)18-17-19(26-7-9-32-10-8-27-22(32)33)28-21(29-20(17)31-30-18)34-16-6-5-12(24)11-15(16)25/h1-6,11H,7-10H2,(H,27,33)(H2,26,28,29,30,31). The number of amides is 2. The highest BCUT2D eigenvalue weighted by Crippen LogP contribution is 2.35. The van der Waals surface area contributed by atoms with E-state index in [0.29, 0.717) is 65.4 Å². The molecule has 2 aromatic carbocycles. The van der Waals surface area contributed by atoms with Crippen LogP contribution in [0.2, 0.25) is 5.02 Å². The van der Waals surface area contributed by atoms with Crippen molar-refractivity contribution in [2.24, 2.45) is 0 Å². The molecule has 12 heteroatoms. The zero-order valence-corrected chi connectivity index (χ0v) is 18.4. The van der Waals surface area contributed by atoms with Gasteiger partial charge in [-0.3, -0.25) is 5.10 Å². The quantitative estimate of drug-likeness (QED) is 0.362. The van der Waals surface area contributed by atoms with Crippen LogP contribution in [-0.4, -0.2) is 57.3 Å². The Morgan fingerprint density at radius 1 is 1.18 bits per heavy atom. The number of anilines is 1. The van der Waals surface area contributed by atoms with E-state index in [1.54, 1.807) is 17.0 Å². The number of aromatic nitrogens is 4. The molecule has 3 N–H and O–H groups in total. The van der Waals surface area contributed by atoms with Crippen molar-refractivity contribution >= 4 is 34.5 Å². The number of halogens is 3. The Kier molecular flexibility index (Phi) is 5.84. The first-order valence-corrected chi connectivity index (χ1v) is 10.8. The fourth-order valence-corrected chi connectivity index (χ4v) is 3.85. The van der Waals surface area contributed by atoms with E-state index in [1.165, 1.54) is 0 Å². The predicted octanol–water partition coefficient (Wildman–Crippen LogP) is 4.18. The van der Waals surface area contributed by atoms with Crippen molar-refractivity contribution in [2.45, 2.75) is 0 Å². The molecule has 2 aromatic heterocycles. The van der Waals surface area contributed by atoms with Gasteiger partial charge in [-0.25, -0.2) is 13.6 Å². The first-order chi connectivity index (χ1) is 16.5. The van der Waals surface area contributed by atoms with Crippen LogP contribution in [0.25, 0.3) is 22.3 Å². The van der Waals surface area contributed by atoms with E-state index in [-0.39, 0.29) is 17.8 Å². The van der Waals surface area contributed by atoms with Crippen molar-refractivity contribution in [2.75, 3.05) is 31.5 Å². The lowest BCUT2D eigenvalue weighted by atomic mass is 10.1. The molecule has 0 saturated carbocycles. The molecule has 0 aliphatic carbocycles. The van der Waals surface area contributed by atoms with Gasteiger partial charge < -0.3 is 20.3 Å². The molecule has 34 heavy (non-hydrogen) atoms. The third kappa shape index (κ3) is 4.29. The Hall–Kier alpha value is -3.99. The lowest BCUT2D eigenvalue weighted by molar-refractivity contribution is 0.219. The minimum Gasteiger partial charge on any atom is -0.421 e. The lowest BCUT2D eigenvalue weighted by Gasteiger charge is -2.15. The third-order valence-corrected chi connectivity index (χ3v) is 5.57. The summed E-state index contributed by atoms with van der Waals surface area (Å²) in [7, 11) is 0. The van der Waals surface area contributed by atoms with Crippen LogP contribution in [0.15, 0.2) is 42.5 Å². The van der Waals surface area contributed by atoms with Crippen molar-refractivity contribution in [1.29, 1.82) is 0 Å². The molecule has 4 aromatic rings. The Balaban J connectivity index is 1.52. The summed E-state index contributed by atoms with van der Waals surface area (Å²) in [5.74, 6) is -1.50. The molecule has 0 bridgehead atoms. The van der Waals surface area contributed by atoms with E-state index >= 15 is 0 Å². The van der Waals surface area contributed by atoms with Crippen LogP contribution in [0.1, 0.15) is 0 Å². The summed E-state index contributed by atoms with van der Waals surface area (Å²) in [6, 6.07) is 9.82. The maximum absolute atomic E-state index is 14.1. The van der Waals surface area contributed by atoms with Gasteiger partial charge >= 0.3 is 12.0 Å². The second-order valence-electron chi connectivity index (χ2n) is 7.45. The molecule has 1 aliphatic rings. The Morgan fingerprint density at radius 3 is 2.79 bits per heavy atom. The van der Waals surface area contributed by atoms with Gasteiger partial charge in [0.1, 0.15) is 17.3 Å². The molecule has 174 valence electrons. The molecule has 1 fully saturated rings. The molecule has 1 saturated heterocycles. The molecule has 2 amide bonds. The van der Waals surface area contributed by atoms with Gasteiger partial charge in [-0.15, -0.1) is 0 Å². The van der Waals surface area contributed by atoms with Crippen LogP contribution in [-0.2, 0) is 0 Å². The van der Waals surface area contributed by atoms with Gasteiger partial charge in [0, 0.05) is 37.8 Å². The van der Waals surface area contributed by atoms with E-state index < -0.39 is 11.6 Å². The molecule has 0 radical (unpaired) electrons. The fourth-order valence-electron chi connectivity index (χ4n) is 3.62. The van der Waals surface area contributed by atoms with Crippen LogP contribution in [0, 0.1) is 11.6 Å². The number of carbonyl (C=O) groups is 1. The van der Waals surface area contributed by atoms with Crippen molar-refractivity contribution in [3.63, 3.8) is 0 Å². The van der Waals surface area contributed by atoms with E-state index in [4.69, 9.17) is 16.3 Å². The third-order valence-electron chi connectivity index (χ3n) is 5.24. The van der Waals surface area contributed by atoms with E-state index in [0.717, 1.165) is 12.1 Å². The monoisotopic (exact) mass is 485 g/mol. The summed E-state index contributed by atoms with van der Waals surface area (Å²) in [5, 5.41) is 14.2. The zero-order valence-electron chi connectivity index (χ0n) is 17.6. The van der Waals surface area contributed by atoms with Gasteiger partial charge in [-0.1, -0.05) is 29.8 Å². The first kappa shape index (κ1) is 21.8. The van der Waals surface area contributed by atoms with Crippen LogP contribution in [0.3, 0.4) is 0 Å². The summed E-state index contributed by atoms with van der Waals surface area (Å²) in [6.45, 7) is 2.00. The molecule has 0 atom stereocenters. The highest BCUT2D eigenvalue weighted by atomic mass is 35.5. The number of carbonyl (C=O) groups excluding carboxylic acids is 1. The summed E-state index contributed by atoms with van der Waals surface area (Å²) >= 11 is 6.38. The highest BCUT2D eigenvalue weighted by Gasteiger charge is 2.22. The second kappa shape index (κ2) is 9.10. The number of hydrogen-bond acceptors (Lipinski definition) is 6. The lowest BCUT2D eigenvalue weighted by Crippen LogP contribution is -2.32. The SMILES string of the molecule is O=C1NCCN1CCNc1nc(Oc2ccc(F)cc2F)nc2[nH]nc(-c3ccccc3Cl)c12. The molecule has 0 spiro atoms. The number of hydrogen-bond donors (Lipinski definition) is 3. The summed E-state index contributed by atoms with van der Waals surface area (Å²) in [4.78, 5) is 22.2. The number of rotatable bonds is 7. The zero-order chi connectivity index (χ0) is 23.7. The summed E-state index contributed by atoms with van der Waals surface area (Å²) in [5.41, 5.74) is 1.50. The topological polar surface area (TPSA) is 108 Å². The molecule has 9 nitrogen and oxygen atoms in total. The number of nitrogens with one attached hydrogen (secondary N) is 3. The molecular weight excluding hydrogens is 468 g/mol. The minimum absolute atomic E-state index is 0.134. The van der Waals surface area contributed by atoms with Gasteiger partial charge in [0.2, 0.25) is 0 Å². The molecular formula is C22H18ClF2N7O2. The van der Waals surface area contributed by atoms with Crippen molar-refractivity contribution in [3.8, 4) is 23.0 Å². The number of benzene rings is 2. The van der Waals surface area contributed by atoms with Crippen molar-refractivity contribution in [1.82, 2.24) is 30.4 Å². The number of nitrogens with zero attached hydrogens (tertiary/aromatic N) is 4. The first-order valence-electron chi connectivity index (χ1n) is 10.4. The van der Waals surface area contributed by atoms with Crippen LogP contribution >= 0.6 is 11.6 Å². The number of aromatic amines is 1. The summed E-state index contributed by atoms with van der Waals surface area (Å²) < 4.78 is 32.9.